The lowest BCUT2D eigenvalue weighted by Crippen LogP contribution is -2.73. The van der Waals surface area contributed by atoms with Crippen LogP contribution in [0.5, 0.6) is 0 Å². The minimum absolute atomic E-state index is 1.54. The van der Waals surface area contributed by atoms with Gasteiger partial charge in [-0.25, -0.2) is 4.79 Å². The molecule has 0 aliphatic rings. The first-order valence-corrected chi connectivity index (χ1v) is 5.76. The summed E-state index contributed by atoms with van der Waals surface area (Å²) in [5, 5.41) is 0. The van der Waals surface area contributed by atoms with Crippen molar-refractivity contribution in [2.45, 2.75) is 48.1 Å². The van der Waals surface area contributed by atoms with E-state index in [2.05, 4.69) is 0 Å². The molecule has 0 fully saturated rings. The summed E-state index contributed by atoms with van der Waals surface area (Å²) >= 11 is 0. The molecule has 0 heterocycles. The van der Waals surface area contributed by atoms with Gasteiger partial charge in [-0.05, 0) is 0 Å². The molecule has 2 nitrogen and oxygen atoms in total. The van der Waals surface area contributed by atoms with E-state index in [-0.39, 0.29) is 0 Å². The molecule has 20 heteroatoms. The summed E-state index contributed by atoms with van der Waals surface area (Å²) in [5.74, 6) is -55.2. The highest BCUT2D eigenvalue weighted by molar-refractivity contribution is 5.79. The molecule has 0 aromatic carbocycles. The topological polar surface area (TPSA) is 26.3 Å². The van der Waals surface area contributed by atoms with Crippen LogP contribution in [0.1, 0.15) is 0 Å². The fourth-order valence-electron chi connectivity index (χ4n) is 1.26. The van der Waals surface area contributed by atoms with E-state index in [1.807, 2.05) is 0 Å². The Balaban J connectivity index is 6.54. The lowest BCUT2D eigenvalue weighted by Gasteiger charge is -2.40. The second kappa shape index (κ2) is 6.61. The van der Waals surface area contributed by atoms with Crippen LogP contribution in [-0.2, 0) is 9.53 Å². The number of carbonyl (C=O) groups is 1. The third-order valence-corrected chi connectivity index (χ3v) is 2.79. The molecule has 29 heavy (non-hydrogen) atoms. The standard InChI is InChI=1S/C9F18O2/c10-2(11,1(28)29-9(25,26)27)3(12,13)4(14,15)5(16,17)6(18,19)7(20,21)8(22,23)24. The van der Waals surface area contributed by atoms with Crippen LogP contribution in [-0.4, -0.2) is 54.0 Å². The van der Waals surface area contributed by atoms with Gasteiger partial charge in [0.15, 0.2) is 0 Å². The molecule has 0 aromatic heterocycles. The molecule has 0 amide bonds. The van der Waals surface area contributed by atoms with E-state index < -0.39 is 54.0 Å². The Kier molecular flexibility index (Phi) is 6.20. The van der Waals surface area contributed by atoms with Crippen molar-refractivity contribution >= 4 is 5.97 Å². The lowest BCUT2D eigenvalue weighted by molar-refractivity contribution is -0.451. The Morgan fingerprint density at radius 1 is 0.448 bits per heavy atom. The molecule has 0 unspecified atom stereocenters. The number of alkyl halides is 18. The molecule has 0 aromatic rings. The molecular formula is C9F18O2. The Hall–Kier alpha value is -1.79. The summed E-state index contributed by atoms with van der Waals surface area (Å²) < 4.78 is 226. The van der Waals surface area contributed by atoms with Gasteiger partial charge >= 0.3 is 54.0 Å². The quantitative estimate of drug-likeness (QED) is 0.374. The number of ether oxygens (including phenoxy) is 1. The van der Waals surface area contributed by atoms with E-state index in [9.17, 15) is 83.8 Å². The predicted molar refractivity (Wildman–Crippen MR) is 47.9 cm³/mol. The van der Waals surface area contributed by atoms with Crippen LogP contribution < -0.4 is 0 Å². The number of hydrogen-bond acceptors (Lipinski definition) is 2. The van der Waals surface area contributed by atoms with Crippen molar-refractivity contribution in [2.75, 3.05) is 0 Å². The number of hydrogen-bond donors (Lipinski definition) is 0. The Bertz CT molecular complexity index is 624. The maximum absolute atomic E-state index is 13.0. The number of rotatable bonds is 6. The third kappa shape index (κ3) is 3.84. The van der Waals surface area contributed by atoms with Crippen molar-refractivity contribution in [1.82, 2.24) is 0 Å². The van der Waals surface area contributed by atoms with Crippen LogP contribution in [0.25, 0.3) is 0 Å². The van der Waals surface area contributed by atoms with Gasteiger partial charge in [0.1, 0.15) is 0 Å². The molecule has 0 saturated heterocycles. The third-order valence-electron chi connectivity index (χ3n) is 2.79. The zero-order valence-corrected chi connectivity index (χ0v) is 12.1. The molecule has 0 N–H and O–H groups in total. The first-order valence-electron chi connectivity index (χ1n) is 5.76. The molecule has 0 saturated carbocycles. The minimum Gasteiger partial charge on any atom is -0.368 e. The number of halogens is 18. The zero-order valence-electron chi connectivity index (χ0n) is 12.1. The van der Waals surface area contributed by atoms with E-state index in [0.717, 1.165) is 0 Å². The normalized spacial score (nSPS) is 16.1. The second-order valence-corrected chi connectivity index (χ2v) is 4.78. The van der Waals surface area contributed by atoms with Crippen molar-refractivity contribution < 1.29 is 88.6 Å². The molecular weight excluding hydrogens is 482 g/mol. The van der Waals surface area contributed by atoms with Gasteiger partial charge in [-0.3, -0.25) is 0 Å². The monoisotopic (exact) mass is 482 g/mol. The summed E-state index contributed by atoms with van der Waals surface area (Å²) in [6.45, 7) is 0. The predicted octanol–water partition coefficient (Wildman–Crippen LogP) is 5.42. The molecule has 0 aliphatic heterocycles. The highest BCUT2D eigenvalue weighted by Gasteiger charge is 2.94. The fourth-order valence-corrected chi connectivity index (χ4v) is 1.26. The largest absolute Gasteiger partial charge is 0.575 e. The van der Waals surface area contributed by atoms with Crippen LogP contribution >= 0.6 is 0 Å². The first kappa shape index (κ1) is 27.2. The van der Waals surface area contributed by atoms with Gasteiger partial charge in [-0.1, -0.05) is 0 Å². The maximum atomic E-state index is 13.0. The van der Waals surface area contributed by atoms with Crippen LogP contribution in [0.15, 0.2) is 0 Å². The molecule has 0 radical (unpaired) electrons. The summed E-state index contributed by atoms with van der Waals surface area (Å²) in [5.41, 5.74) is 0. The van der Waals surface area contributed by atoms with Crippen molar-refractivity contribution in [3.63, 3.8) is 0 Å². The van der Waals surface area contributed by atoms with E-state index in [0.29, 0.717) is 0 Å². The van der Waals surface area contributed by atoms with Crippen molar-refractivity contribution in [1.29, 1.82) is 0 Å². The van der Waals surface area contributed by atoms with E-state index in [1.165, 1.54) is 0 Å². The van der Waals surface area contributed by atoms with Crippen molar-refractivity contribution in [3.8, 4) is 0 Å². The van der Waals surface area contributed by atoms with Crippen LogP contribution in [0.2, 0.25) is 0 Å². The van der Waals surface area contributed by atoms with Gasteiger partial charge in [0.2, 0.25) is 0 Å². The molecule has 0 spiro atoms. The average Bonchev–Trinajstić information content (AvgIpc) is 2.42. The van der Waals surface area contributed by atoms with Gasteiger partial charge < -0.3 is 4.74 Å². The van der Waals surface area contributed by atoms with Gasteiger partial charge in [-0.15, -0.1) is 13.2 Å². The fraction of sp³-hybridized carbons (Fsp3) is 0.889. The number of esters is 1. The molecule has 0 aliphatic carbocycles. The summed E-state index contributed by atoms with van der Waals surface area (Å²) in [7, 11) is 0. The van der Waals surface area contributed by atoms with E-state index in [1.54, 1.807) is 4.74 Å². The van der Waals surface area contributed by atoms with Crippen LogP contribution in [0.3, 0.4) is 0 Å². The average molecular weight is 482 g/mol. The summed E-state index contributed by atoms with van der Waals surface area (Å²) in [4.78, 5) is 10.2. The minimum atomic E-state index is -8.72. The SMILES string of the molecule is O=C(OC(F)(F)F)C(F)(F)C(F)(F)C(F)(F)C(F)(F)C(F)(F)C(F)(F)C(F)(F)F. The Labute approximate surface area is 144 Å². The van der Waals surface area contributed by atoms with E-state index in [4.69, 9.17) is 0 Å². The van der Waals surface area contributed by atoms with Crippen LogP contribution in [0.4, 0.5) is 79.0 Å². The molecule has 0 rings (SSSR count). The molecule has 0 bridgehead atoms. The number of carbonyl (C=O) groups excluding carboxylic acids is 1. The van der Waals surface area contributed by atoms with Crippen LogP contribution in [0, 0.1) is 0 Å². The summed E-state index contributed by atoms with van der Waals surface area (Å²) in [6.07, 6.45) is -14.5. The molecule has 174 valence electrons. The van der Waals surface area contributed by atoms with E-state index >= 15 is 0 Å². The maximum Gasteiger partial charge on any atom is 0.575 e. The highest BCUT2D eigenvalue weighted by atomic mass is 19.4. The second-order valence-electron chi connectivity index (χ2n) is 4.78. The van der Waals surface area contributed by atoms with Gasteiger partial charge in [0.05, 0.1) is 0 Å². The lowest BCUT2D eigenvalue weighted by atomic mass is 9.91. The highest BCUT2D eigenvalue weighted by Crippen LogP contribution is 2.62. The zero-order chi connectivity index (χ0) is 24.3. The Morgan fingerprint density at radius 3 is 1.00 bits per heavy atom. The smallest absolute Gasteiger partial charge is 0.368 e. The van der Waals surface area contributed by atoms with Gasteiger partial charge in [-0.2, -0.15) is 65.9 Å². The van der Waals surface area contributed by atoms with Gasteiger partial charge in [0, 0.05) is 0 Å². The van der Waals surface area contributed by atoms with Crippen molar-refractivity contribution in [3.05, 3.63) is 0 Å². The van der Waals surface area contributed by atoms with Crippen molar-refractivity contribution in [2.24, 2.45) is 0 Å². The molecule has 0 atom stereocenters. The first-order chi connectivity index (χ1) is 12.1. The van der Waals surface area contributed by atoms with Gasteiger partial charge in [0.25, 0.3) is 0 Å². The summed E-state index contributed by atoms with van der Waals surface area (Å²) in [6, 6.07) is 0. The Morgan fingerprint density at radius 2 is 0.724 bits per heavy atom.